The second-order valence-electron chi connectivity index (χ2n) is 8.89. The zero-order valence-electron chi connectivity index (χ0n) is 20.3. The van der Waals surface area contributed by atoms with Crippen molar-refractivity contribution in [2.45, 2.75) is 45.4 Å². The number of thiazole rings is 1. The SMILES string of the molecule is COCC1=C(C(=O)O[C@H](C)OC(=O)C(C)(C)C)N2C(=O)[C@@H](NC(=O)/C(=N\O)c3csc(N)n3)[C@H]2SC1. The molecule has 4 N–H and O–H groups in total. The number of aromatic nitrogens is 1. The van der Waals surface area contributed by atoms with Gasteiger partial charge in [-0.05, 0) is 26.3 Å². The Bertz CT molecular complexity index is 1130. The number of fused-ring (bicyclic) bond motifs is 1. The fourth-order valence-electron chi connectivity index (χ4n) is 3.33. The van der Waals surface area contributed by atoms with Crippen LogP contribution in [0.4, 0.5) is 5.13 Å². The Morgan fingerprint density at radius 1 is 1.36 bits per heavy atom. The maximum atomic E-state index is 13.0. The number of rotatable bonds is 8. The van der Waals surface area contributed by atoms with Crippen LogP contribution in [0.5, 0.6) is 0 Å². The first-order valence-corrected chi connectivity index (χ1v) is 12.6. The number of thioether (sulfide) groups is 1. The van der Waals surface area contributed by atoms with E-state index in [1.807, 2.05) is 0 Å². The van der Waals surface area contributed by atoms with E-state index in [9.17, 15) is 24.4 Å². The molecule has 0 aliphatic carbocycles. The Hall–Kier alpha value is -3.17. The molecule has 36 heavy (non-hydrogen) atoms. The summed E-state index contributed by atoms with van der Waals surface area (Å²) in [5, 5.41) is 15.8. The lowest BCUT2D eigenvalue weighted by Crippen LogP contribution is -2.71. The lowest BCUT2D eigenvalue weighted by atomic mass is 9.97. The number of carbonyl (C=O) groups is 4. The molecule has 3 heterocycles. The largest absolute Gasteiger partial charge is 0.425 e. The molecule has 1 fully saturated rings. The normalized spacial score (nSPS) is 20.9. The van der Waals surface area contributed by atoms with Crippen molar-refractivity contribution in [2.75, 3.05) is 25.2 Å². The summed E-state index contributed by atoms with van der Waals surface area (Å²) < 4.78 is 15.7. The van der Waals surface area contributed by atoms with E-state index in [0.29, 0.717) is 11.3 Å². The number of amides is 2. The van der Waals surface area contributed by atoms with Crippen LogP contribution in [0.2, 0.25) is 0 Å². The summed E-state index contributed by atoms with van der Waals surface area (Å²) in [5.41, 5.74) is 4.90. The molecule has 0 spiro atoms. The van der Waals surface area contributed by atoms with Crippen molar-refractivity contribution in [3.05, 3.63) is 22.3 Å². The lowest BCUT2D eigenvalue weighted by Gasteiger charge is -2.49. The Morgan fingerprint density at radius 2 is 2.06 bits per heavy atom. The first-order valence-electron chi connectivity index (χ1n) is 10.7. The van der Waals surface area contributed by atoms with Crippen LogP contribution in [0.25, 0.3) is 0 Å². The van der Waals surface area contributed by atoms with Crippen molar-refractivity contribution in [3.63, 3.8) is 0 Å². The third-order valence-corrected chi connectivity index (χ3v) is 7.10. The minimum Gasteiger partial charge on any atom is -0.425 e. The molecule has 15 heteroatoms. The van der Waals surface area contributed by atoms with Gasteiger partial charge in [-0.1, -0.05) is 5.16 Å². The van der Waals surface area contributed by atoms with Gasteiger partial charge in [0.2, 0.25) is 6.29 Å². The highest BCUT2D eigenvalue weighted by Gasteiger charge is 2.55. The van der Waals surface area contributed by atoms with Gasteiger partial charge in [0, 0.05) is 25.2 Å². The number of nitrogens with two attached hydrogens (primary N) is 1. The van der Waals surface area contributed by atoms with Gasteiger partial charge in [-0.15, -0.1) is 23.1 Å². The molecule has 196 valence electrons. The van der Waals surface area contributed by atoms with E-state index in [0.717, 1.165) is 11.3 Å². The average molecular weight is 542 g/mol. The van der Waals surface area contributed by atoms with Crippen molar-refractivity contribution >= 4 is 57.7 Å². The van der Waals surface area contributed by atoms with Crippen LogP contribution < -0.4 is 11.1 Å². The number of methoxy groups -OCH3 is 1. The number of ether oxygens (including phenoxy) is 3. The predicted molar refractivity (Wildman–Crippen MR) is 130 cm³/mol. The van der Waals surface area contributed by atoms with Gasteiger partial charge in [-0.25, -0.2) is 9.78 Å². The summed E-state index contributed by atoms with van der Waals surface area (Å²) in [7, 11) is 1.45. The summed E-state index contributed by atoms with van der Waals surface area (Å²) in [5.74, 6) is -2.51. The van der Waals surface area contributed by atoms with Crippen LogP contribution in [-0.4, -0.2) is 81.7 Å². The molecule has 1 aromatic heterocycles. The molecule has 2 amide bonds. The second-order valence-corrected chi connectivity index (χ2v) is 10.9. The molecule has 0 bridgehead atoms. The number of hydrogen-bond acceptors (Lipinski definition) is 13. The summed E-state index contributed by atoms with van der Waals surface area (Å²) in [6.07, 6.45) is -1.20. The standard InChI is InChI=1S/C21H27N5O8S2/c1-9(34-19(30)21(2,3)4)33-18(29)14-10(6-32-5)7-35-17-13(16(28)26(14)17)24-15(27)12(25-31)11-8-36-20(22)23-11/h8-9,13,17,31H,6-7H2,1-5H3,(H2,22,23)(H,24,27)/b25-12-/t9-,13+,17+/m0/s1. The van der Waals surface area contributed by atoms with Crippen LogP contribution >= 0.6 is 23.1 Å². The van der Waals surface area contributed by atoms with E-state index in [1.165, 1.54) is 36.1 Å². The molecule has 1 saturated heterocycles. The van der Waals surface area contributed by atoms with Gasteiger partial charge in [-0.3, -0.25) is 19.3 Å². The topological polar surface area (TPSA) is 183 Å². The highest BCUT2D eigenvalue weighted by Crippen LogP contribution is 2.41. The Morgan fingerprint density at radius 3 is 2.61 bits per heavy atom. The quantitative estimate of drug-likeness (QED) is 0.105. The molecule has 0 saturated carbocycles. The first kappa shape index (κ1) is 27.4. The monoisotopic (exact) mass is 541 g/mol. The van der Waals surface area contributed by atoms with Crippen molar-refractivity contribution in [1.29, 1.82) is 0 Å². The Balaban J connectivity index is 1.75. The van der Waals surface area contributed by atoms with Crippen molar-refractivity contribution in [3.8, 4) is 0 Å². The molecular formula is C21H27N5O8S2. The predicted octanol–water partition coefficient (Wildman–Crippen LogP) is 0.683. The smallest absolute Gasteiger partial charge is 0.358 e. The molecule has 1 aromatic rings. The lowest BCUT2D eigenvalue weighted by molar-refractivity contribution is -0.190. The number of carbonyl (C=O) groups excluding carboxylic acids is 4. The maximum Gasteiger partial charge on any atom is 0.358 e. The number of oxime groups is 1. The number of hydrogen-bond donors (Lipinski definition) is 3. The second kappa shape index (κ2) is 10.8. The van der Waals surface area contributed by atoms with Gasteiger partial charge in [-0.2, -0.15) is 0 Å². The Labute approximate surface area is 215 Å². The molecule has 2 aliphatic rings. The van der Waals surface area contributed by atoms with Crippen molar-refractivity contribution in [1.82, 2.24) is 15.2 Å². The third kappa shape index (κ3) is 5.63. The zero-order valence-corrected chi connectivity index (χ0v) is 21.9. The van der Waals surface area contributed by atoms with Gasteiger partial charge in [0.1, 0.15) is 22.8 Å². The van der Waals surface area contributed by atoms with Crippen LogP contribution in [0.3, 0.4) is 0 Å². The van der Waals surface area contributed by atoms with Crippen LogP contribution in [-0.2, 0) is 33.4 Å². The van der Waals surface area contributed by atoms with Crippen LogP contribution in [0.15, 0.2) is 21.8 Å². The van der Waals surface area contributed by atoms with E-state index >= 15 is 0 Å². The number of β-lactam (4-membered cyclic amide) rings is 1. The van der Waals surface area contributed by atoms with Gasteiger partial charge in [0.05, 0.1) is 12.0 Å². The molecule has 0 radical (unpaired) electrons. The van der Waals surface area contributed by atoms with Gasteiger partial charge < -0.3 is 30.5 Å². The number of anilines is 1. The van der Waals surface area contributed by atoms with E-state index in [-0.39, 0.29) is 23.1 Å². The van der Waals surface area contributed by atoms with E-state index in [1.54, 1.807) is 20.8 Å². The minimum atomic E-state index is -1.20. The number of nitrogens with zero attached hydrogens (tertiary/aromatic N) is 3. The molecule has 3 rings (SSSR count). The average Bonchev–Trinajstić information content (AvgIpc) is 3.22. The van der Waals surface area contributed by atoms with Gasteiger partial charge >= 0.3 is 11.9 Å². The van der Waals surface area contributed by atoms with Crippen LogP contribution in [0, 0.1) is 5.41 Å². The Kier molecular flexibility index (Phi) is 8.26. The molecule has 13 nitrogen and oxygen atoms in total. The van der Waals surface area contributed by atoms with Crippen molar-refractivity contribution in [2.24, 2.45) is 10.6 Å². The van der Waals surface area contributed by atoms with Crippen molar-refractivity contribution < 1.29 is 38.6 Å². The molecule has 0 unspecified atom stereocenters. The molecular weight excluding hydrogens is 514 g/mol. The molecule has 2 aliphatic heterocycles. The first-order chi connectivity index (χ1) is 16.9. The highest BCUT2D eigenvalue weighted by molar-refractivity contribution is 8.00. The van der Waals surface area contributed by atoms with Crippen LogP contribution in [0.1, 0.15) is 33.4 Å². The van der Waals surface area contributed by atoms with E-state index in [4.69, 9.17) is 19.9 Å². The number of esters is 2. The molecule has 3 atom stereocenters. The van der Waals surface area contributed by atoms with Gasteiger partial charge in [0.25, 0.3) is 11.8 Å². The van der Waals surface area contributed by atoms with Gasteiger partial charge in [0.15, 0.2) is 10.8 Å². The third-order valence-electron chi connectivity index (χ3n) is 5.08. The summed E-state index contributed by atoms with van der Waals surface area (Å²) in [4.78, 5) is 56.0. The fraction of sp³-hybridized carbons (Fsp3) is 0.524. The summed E-state index contributed by atoms with van der Waals surface area (Å²) >= 11 is 2.37. The molecule has 0 aromatic carbocycles. The number of nitrogens with one attached hydrogen (secondary N) is 1. The minimum absolute atomic E-state index is 0.0296. The maximum absolute atomic E-state index is 13.0. The zero-order chi connectivity index (χ0) is 26.8. The fourth-order valence-corrected chi connectivity index (χ4v) is 5.21. The highest BCUT2D eigenvalue weighted by atomic mass is 32.2. The van der Waals surface area contributed by atoms with E-state index < -0.39 is 52.6 Å². The summed E-state index contributed by atoms with van der Waals surface area (Å²) in [6, 6.07) is -1.00. The van der Waals surface area contributed by atoms with E-state index in [2.05, 4.69) is 15.5 Å². The summed E-state index contributed by atoms with van der Waals surface area (Å²) in [6.45, 7) is 6.45. The number of nitrogen functional groups attached to an aromatic ring is 1.